The Morgan fingerprint density at radius 1 is 1.19 bits per heavy atom. The lowest BCUT2D eigenvalue weighted by Crippen LogP contribution is -2.16. The number of nitrogens with one attached hydrogen (secondary N) is 1. The van der Waals surface area contributed by atoms with E-state index in [2.05, 4.69) is 15.6 Å². The van der Waals surface area contributed by atoms with Crippen molar-refractivity contribution in [3.63, 3.8) is 0 Å². The highest BCUT2D eigenvalue weighted by atomic mass is 35.5. The predicted octanol–water partition coefficient (Wildman–Crippen LogP) is 4.79. The van der Waals surface area contributed by atoms with E-state index in [9.17, 15) is 4.79 Å². The average Bonchev–Trinajstić information content (AvgIpc) is 3.08. The summed E-state index contributed by atoms with van der Waals surface area (Å²) in [6.07, 6.45) is 1.48. The second-order valence-corrected chi connectivity index (χ2v) is 6.67. The number of methoxy groups -OCH3 is 1. The summed E-state index contributed by atoms with van der Waals surface area (Å²) in [7, 11) is 1.55. The Kier molecular flexibility index (Phi) is 5.98. The van der Waals surface area contributed by atoms with Crippen LogP contribution in [0.3, 0.4) is 0 Å². The number of rotatable bonds is 6. The maximum atomic E-state index is 12.8. The molecule has 0 aliphatic rings. The van der Waals surface area contributed by atoms with Crippen LogP contribution in [0.5, 0.6) is 5.75 Å². The van der Waals surface area contributed by atoms with Crippen LogP contribution in [-0.4, -0.2) is 28.0 Å². The summed E-state index contributed by atoms with van der Waals surface area (Å²) in [5, 5.41) is 12.1. The number of carbonyl (C=O) groups is 1. The van der Waals surface area contributed by atoms with E-state index < -0.39 is 0 Å². The van der Waals surface area contributed by atoms with Gasteiger partial charge in [0.2, 0.25) is 0 Å². The van der Waals surface area contributed by atoms with Crippen molar-refractivity contribution in [3.05, 3.63) is 63.9 Å². The first-order valence-electron chi connectivity index (χ1n) is 8.39. The number of nitrogens with zero attached hydrogens (tertiary/aromatic N) is 3. The van der Waals surface area contributed by atoms with Crippen molar-refractivity contribution in [2.45, 2.75) is 19.8 Å². The number of hydrogen-bond donors (Lipinski definition) is 1. The first kappa shape index (κ1) is 19.2. The lowest BCUT2D eigenvalue weighted by molar-refractivity contribution is 0.102. The van der Waals surface area contributed by atoms with Crippen LogP contribution < -0.4 is 10.1 Å². The number of anilines is 1. The Labute approximate surface area is 167 Å². The summed E-state index contributed by atoms with van der Waals surface area (Å²) in [5.41, 5.74) is 2.21. The zero-order chi connectivity index (χ0) is 19.4. The third-order valence-corrected chi connectivity index (χ3v) is 4.54. The fourth-order valence-electron chi connectivity index (χ4n) is 2.64. The molecular weight excluding hydrogens is 387 g/mol. The predicted molar refractivity (Wildman–Crippen MR) is 106 cm³/mol. The van der Waals surface area contributed by atoms with Gasteiger partial charge in [0, 0.05) is 11.1 Å². The minimum atomic E-state index is -0.381. The summed E-state index contributed by atoms with van der Waals surface area (Å²) in [6.45, 7) is 2.03. The molecule has 0 aliphatic carbocycles. The molecule has 1 amide bonds. The zero-order valence-electron chi connectivity index (χ0n) is 14.9. The van der Waals surface area contributed by atoms with Crippen LogP contribution in [-0.2, 0) is 6.42 Å². The van der Waals surface area contributed by atoms with Gasteiger partial charge in [-0.05, 0) is 42.8 Å². The SMILES string of the molecule is CCCc1c(C(=O)Nc2cc(OC)ccc2Cl)nnn1-c1ccc(Cl)cc1. The maximum Gasteiger partial charge on any atom is 0.278 e. The van der Waals surface area contributed by atoms with Gasteiger partial charge in [-0.2, -0.15) is 0 Å². The van der Waals surface area contributed by atoms with Crippen LogP contribution in [0.1, 0.15) is 29.5 Å². The highest BCUT2D eigenvalue weighted by Crippen LogP contribution is 2.27. The van der Waals surface area contributed by atoms with Gasteiger partial charge in [-0.3, -0.25) is 4.79 Å². The fourth-order valence-corrected chi connectivity index (χ4v) is 2.93. The summed E-state index contributed by atoms with van der Waals surface area (Å²) in [4.78, 5) is 12.8. The van der Waals surface area contributed by atoms with Gasteiger partial charge >= 0.3 is 0 Å². The number of benzene rings is 2. The molecule has 0 spiro atoms. The molecule has 8 heteroatoms. The fraction of sp³-hybridized carbons (Fsp3) is 0.211. The van der Waals surface area contributed by atoms with Crippen LogP contribution in [0.2, 0.25) is 10.0 Å². The monoisotopic (exact) mass is 404 g/mol. The van der Waals surface area contributed by atoms with E-state index in [0.29, 0.717) is 27.9 Å². The lowest BCUT2D eigenvalue weighted by Gasteiger charge is -2.10. The van der Waals surface area contributed by atoms with Crippen LogP contribution in [0.4, 0.5) is 5.69 Å². The van der Waals surface area contributed by atoms with Crippen molar-refractivity contribution in [2.75, 3.05) is 12.4 Å². The van der Waals surface area contributed by atoms with Crippen molar-refractivity contribution in [3.8, 4) is 11.4 Å². The van der Waals surface area contributed by atoms with Gasteiger partial charge in [-0.25, -0.2) is 4.68 Å². The molecule has 0 fully saturated rings. The zero-order valence-corrected chi connectivity index (χ0v) is 16.4. The highest BCUT2D eigenvalue weighted by molar-refractivity contribution is 6.34. The molecule has 6 nitrogen and oxygen atoms in total. The van der Waals surface area contributed by atoms with Crippen molar-refractivity contribution >= 4 is 34.8 Å². The molecule has 0 atom stereocenters. The highest BCUT2D eigenvalue weighted by Gasteiger charge is 2.21. The Morgan fingerprint density at radius 3 is 2.59 bits per heavy atom. The molecule has 0 unspecified atom stereocenters. The second kappa shape index (κ2) is 8.41. The maximum absolute atomic E-state index is 12.8. The van der Waals surface area contributed by atoms with Gasteiger partial charge in [0.1, 0.15) is 5.75 Å². The van der Waals surface area contributed by atoms with Crippen LogP contribution in [0, 0.1) is 0 Å². The van der Waals surface area contributed by atoms with Gasteiger partial charge in [0.25, 0.3) is 5.91 Å². The molecule has 3 rings (SSSR count). The van der Waals surface area contributed by atoms with Crippen LogP contribution in [0.25, 0.3) is 5.69 Å². The third-order valence-electron chi connectivity index (χ3n) is 3.96. The molecule has 0 radical (unpaired) electrons. The van der Waals surface area contributed by atoms with E-state index in [4.69, 9.17) is 27.9 Å². The van der Waals surface area contributed by atoms with Crippen molar-refractivity contribution in [1.82, 2.24) is 15.0 Å². The van der Waals surface area contributed by atoms with Gasteiger partial charge in [0.15, 0.2) is 5.69 Å². The van der Waals surface area contributed by atoms with Crippen LogP contribution >= 0.6 is 23.2 Å². The number of aromatic nitrogens is 3. The topological polar surface area (TPSA) is 69.0 Å². The summed E-state index contributed by atoms with van der Waals surface area (Å²) in [6, 6.07) is 12.2. The second-order valence-electron chi connectivity index (χ2n) is 5.82. The molecule has 0 saturated carbocycles. The molecule has 3 aromatic rings. The molecule has 2 aromatic carbocycles. The van der Waals surface area contributed by atoms with E-state index in [0.717, 1.165) is 17.8 Å². The normalized spacial score (nSPS) is 10.7. The molecule has 1 heterocycles. The van der Waals surface area contributed by atoms with E-state index in [1.807, 2.05) is 19.1 Å². The molecular formula is C19H18Cl2N4O2. The Hall–Kier alpha value is -2.57. The smallest absolute Gasteiger partial charge is 0.278 e. The Balaban J connectivity index is 1.94. The molecule has 0 bridgehead atoms. The van der Waals surface area contributed by atoms with Crippen LogP contribution in [0.15, 0.2) is 42.5 Å². The summed E-state index contributed by atoms with van der Waals surface area (Å²) >= 11 is 12.1. The summed E-state index contributed by atoms with van der Waals surface area (Å²) in [5.74, 6) is 0.210. The van der Waals surface area contributed by atoms with E-state index >= 15 is 0 Å². The van der Waals surface area contributed by atoms with Crippen molar-refractivity contribution in [2.24, 2.45) is 0 Å². The quantitative estimate of drug-likeness (QED) is 0.641. The number of ether oxygens (including phenoxy) is 1. The van der Waals surface area contributed by atoms with Crippen molar-refractivity contribution in [1.29, 1.82) is 0 Å². The standard InChI is InChI=1S/C19H18Cl2N4O2/c1-3-4-17-18(23-24-25(17)13-7-5-12(20)6-8-13)19(26)22-16-11-14(27-2)9-10-15(16)21/h5-11H,3-4H2,1-2H3,(H,22,26). The third kappa shape index (κ3) is 4.23. The molecule has 1 N–H and O–H groups in total. The van der Waals surface area contributed by atoms with E-state index in [-0.39, 0.29) is 11.6 Å². The molecule has 1 aromatic heterocycles. The summed E-state index contributed by atoms with van der Waals surface area (Å²) < 4.78 is 6.83. The van der Waals surface area contributed by atoms with E-state index in [1.165, 1.54) is 0 Å². The first-order valence-corrected chi connectivity index (χ1v) is 9.14. The van der Waals surface area contributed by atoms with E-state index in [1.54, 1.807) is 42.1 Å². The number of hydrogen-bond acceptors (Lipinski definition) is 4. The first-order chi connectivity index (χ1) is 13.0. The van der Waals surface area contributed by atoms with Gasteiger partial charge in [-0.15, -0.1) is 5.10 Å². The van der Waals surface area contributed by atoms with Crippen molar-refractivity contribution < 1.29 is 9.53 Å². The number of amides is 1. The molecule has 140 valence electrons. The molecule has 0 aliphatic heterocycles. The Morgan fingerprint density at radius 2 is 1.93 bits per heavy atom. The van der Waals surface area contributed by atoms with Gasteiger partial charge < -0.3 is 10.1 Å². The number of halogens is 2. The lowest BCUT2D eigenvalue weighted by atomic mass is 10.2. The Bertz CT molecular complexity index is 955. The van der Waals surface area contributed by atoms with Gasteiger partial charge in [-0.1, -0.05) is 41.8 Å². The number of carbonyl (C=O) groups excluding carboxylic acids is 1. The minimum absolute atomic E-state index is 0.255. The average molecular weight is 405 g/mol. The minimum Gasteiger partial charge on any atom is -0.497 e. The largest absolute Gasteiger partial charge is 0.497 e. The van der Waals surface area contributed by atoms with Gasteiger partial charge in [0.05, 0.1) is 29.2 Å². The molecule has 0 saturated heterocycles. The molecule has 27 heavy (non-hydrogen) atoms.